The van der Waals surface area contributed by atoms with Crippen LogP contribution in [0.15, 0.2) is 29.3 Å². The number of para-hydroxylation sites is 1. The molecule has 7 heteroatoms. The molecular formula is C17H25Cl2NO2SSi. The van der Waals surface area contributed by atoms with Crippen LogP contribution >= 0.6 is 22.3 Å². The molecule has 0 N–H and O–H groups in total. The van der Waals surface area contributed by atoms with Gasteiger partial charge in [0, 0.05) is 21.6 Å². The number of benzene rings is 1. The Hall–Kier alpha value is -0.493. The molecule has 0 unspecified atom stereocenters. The van der Waals surface area contributed by atoms with Gasteiger partial charge in [0.2, 0.25) is 0 Å². The minimum Gasteiger partial charge on any atom is -0.356 e. The van der Waals surface area contributed by atoms with Crippen LogP contribution in [0, 0.1) is 0 Å². The van der Waals surface area contributed by atoms with Crippen molar-refractivity contribution in [2.45, 2.75) is 63.2 Å². The molecule has 1 aromatic heterocycles. The van der Waals surface area contributed by atoms with Gasteiger partial charge in [-0.25, -0.2) is 8.42 Å². The van der Waals surface area contributed by atoms with E-state index in [4.69, 9.17) is 22.3 Å². The van der Waals surface area contributed by atoms with Crippen LogP contribution in [-0.4, -0.2) is 20.9 Å². The van der Waals surface area contributed by atoms with Gasteiger partial charge in [-0.1, -0.05) is 71.3 Å². The summed E-state index contributed by atoms with van der Waals surface area (Å²) in [5.41, 5.74) is 1.83. The molecule has 1 heterocycles. The lowest BCUT2D eigenvalue weighted by molar-refractivity contribution is 0.603. The zero-order chi connectivity index (χ0) is 18.4. The molecule has 0 aliphatic carbocycles. The molecule has 0 aliphatic heterocycles. The molecular weight excluding hydrogens is 381 g/mol. The predicted octanol–water partition coefficient (Wildman–Crippen LogP) is 6.25. The van der Waals surface area contributed by atoms with Crippen LogP contribution < -0.4 is 0 Å². The first kappa shape index (κ1) is 19.8. The molecule has 0 aliphatic rings. The second kappa shape index (κ2) is 6.67. The number of hydrogen-bond donors (Lipinski definition) is 0. The second-order valence-corrected chi connectivity index (χ2v) is 15.8. The highest BCUT2D eigenvalue weighted by molar-refractivity contribution is 8.13. The predicted molar refractivity (Wildman–Crippen MR) is 106 cm³/mol. The molecule has 0 saturated heterocycles. The van der Waals surface area contributed by atoms with Crippen molar-refractivity contribution in [3.63, 3.8) is 0 Å². The van der Waals surface area contributed by atoms with Gasteiger partial charge in [0.1, 0.15) is 0 Å². The van der Waals surface area contributed by atoms with E-state index in [1.807, 2.05) is 28.5 Å². The Balaban J connectivity index is 3.14. The SMILES string of the molecule is CC(C)[Si](C(C)C)(C(C)C)n1c(S(=O)(=O)Cl)c(Cl)c2ccccc21. The highest BCUT2D eigenvalue weighted by Gasteiger charge is 2.49. The fourth-order valence-electron chi connectivity index (χ4n) is 4.55. The third-order valence-corrected chi connectivity index (χ3v) is 13.9. The number of hydrogen-bond acceptors (Lipinski definition) is 2. The van der Waals surface area contributed by atoms with Crippen LogP contribution in [0.25, 0.3) is 10.9 Å². The van der Waals surface area contributed by atoms with Gasteiger partial charge in [-0.15, -0.1) is 0 Å². The van der Waals surface area contributed by atoms with Crippen molar-refractivity contribution in [1.82, 2.24) is 4.23 Å². The van der Waals surface area contributed by atoms with E-state index in [9.17, 15) is 8.42 Å². The standard InChI is InChI=1S/C17H25Cl2NO2SSi/c1-11(2)24(12(3)4,13(5)6)20-15-10-8-7-9-14(15)16(18)17(20)23(19,21)22/h7-13H,1-6H3. The number of halogens is 2. The Labute approximate surface area is 155 Å². The molecule has 2 rings (SSSR count). The quantitative estimate of drug-likeness (QED) is 0.435. The lowest BCUT2D eigenvalue weighted by Gasteiger charge is -2.45. The minimum atomic E-state index is -3.97. The molecule has 1 aromatic carbocycles. The van der Waals surface area contributed by atoms with E-state index in [0.29, 0.717) is 16.6 Å². The fraction of sp³-hybridized carbons (Fsp3) is 0.529. The van der Waals surface area contributed by atoms with E-state index < -0.39 is 17.3 Å². The topological polar surface area (TPSA) is 39.1 Å². The summed E-state index contributed by atoms with van der Waals surface area (Å²) in [6.07, 6.45) is 0. The Morgan fingerprint density at radius 3 is 1.83 bits per heavy atom. The highest BCUT2D eigenvalue weighted by atomic mass is 35.7. The average molecular weight is 406 g/mol. The summed E-state index contributed by atoms with van der Waals surface area (Å²) in [4.78, 5) is 0. The van der Waals surface area contributed by atoms with Gasteiger partial charge in [0.25, 0.3) is 9.05 Å². The molecule has 0 radical (unpaired) electrons. The van der Waals surface area contributed by atoms with E-state index in [2.05, 4.69) is 41.5 Å². The Morgan fingerprint density at radius 2 is 1.42 bits per heavy atom. The summed E-state index contributed by atoms with van der Waals surface area (Å²) in [7, 11) is -0.455. The summed E-state index contributed by atoms with van der Waals surface area (Å²) in [5.74, 6) is 0. The molecule has 0 bridgehead atoms. The van der Waals surface area contributed by atoms with E-state index in [0.717, 1.165) is 10.9 Å². The number of fused-ring (bicyclic) bond motifs is 1. The maximum Gasteiger partial charge on any atom is 0.277 e. The van der Waals surface area contributed by atoms with Crippen LogP contribution in [0.3, 0.4) is 0 Å². The van der Waals surface area contributed by atoms with Gasteiger partial charge >= 0.3 is 0 Å². The van der Waals surface area contributed by atoms with Crippen LogP contribution in [0.5, 0.6) is 0 Å². The zero-order valence-corrected chi connectivity index (χ0v) is 18.3. The van der Waals surface area contributed by atoms with Gasteiger partial charge in [-0.2, -0.15) is 0 Å². The zero-order valence-electron chi connectivity index (χ0n) is 15.0. The van der Waals surface area contributed by atoms with Gasteiger partial charge in [-0.05, 0) is 22.7 Å². The summed E-state index contributed by atoms with van der Waals surface area (Å²) in [6.45, 7) is 13.1. The molecule has 24 heavy (non-hydrogen) atoms. The van der Waals surface area contributed by atoms with Crippen molar-refractivity contribution in [2.75, 3.05) is 0 Å². The van der Waals surface area contributed by atoms with Crippen LogP contribution in [0.4, 0.5) is 0 Å². The highest BCUT2D eigenvalue weighted by Crippen LogP contribution is 2.48. The smallest absolute Gasteiger partial charge is 0.277 e. The normalized spacial score (nSPS) is 13.6. The molecule has 0 amide bonds. The van der Waals surface area contributed by atoms with Crippen LogP contribution in [-0.2, 0) is 9.05 Å². The largest absolute Gasteiger partial charge is 0.356 e. The van der Waals surface area contributed by atoms with E-state index in [1.165, 1.54) is 0 Å². The molecule has 0 saturated carbocycles. The lowest BCUT2D eigenvalue weighted by Crippen LogP contribution is -2.52. The molecule has 0 atom stereocenters. The van der Waals surface area contributed by atoms with Crippen molar-refractivity contribution in [3.8, 4) is 0 Å². The Kier molecular flexibility index (Phi) is 5.51. The van der Waals surface area contributed by atoms with Crippen LogP contribution in [0.1, 0.15) is 41.5 Å². The summed E-state index contributed by atoms with van der Waals surface area (Å²) in [6, 6.07) is 7.59. The third-order valence-electron chi connectivity index (χ3n) is 5.17. The van der Waals surface area contributed by atoms with Gasteiger partial charge in [0.05, 0.1) is 5.02 Å². The summed E-state index contributed by atoms with van der Waals surface area (Å²) < 4.78 is 26.9. The van der Waals surface area contributed by atoms with Gasteiger partial charge < -0.3 is 4.23 Å². The minimum absolute atomic E-state index is 0.0646. The van der Waals surface area contributed by atoms with Crippen molar-refractivity contribution < 1.29 is 8.42 Å². The molecule has 134 valence electrons. The maximum absolute atomic E-state index is 12.4. The number of rotatable bonds is 5. The monoisotopic (exact) mass is 405 g/mol. The van der Waals surface area contributed by atoms with Crippen molar-refractivity contribution >= 4 is 50.5 Å². The van der Waals surface area contributed by atoms with Crippen molar-refractivity contribution in [2.24, 2.45) is 0 Å². The first-order valence-electron chi connectivity index (χ1n) is 8.21. The van der Waals surface area contributed by atoms with E-state index in [1.54, 1.807) is 0 Å². The van der Waals surface area contributed by atoms with Gasteiger partial charge in [0.15, 0.2) is 13.3 Å². The van der Waals surface area contributed by atoms with E-state index in [-0.39, 0.29) is 10.0 Å². The first-order valence-corrected chi connectivity index (χ1v) is 13.1. The van der Waals surface area contributed by atoms with Gasteiger partial charge in [-0.3, -0.25) is 0 Å². The maximum atomic E-state index is 12.4. The molecule has 3 nitrogen and oxygen atoms in total. The Bertz CT molecular complexity index is 835. The lowest BCUT2D eigenvalue weighted by atomic mass is 10.2. The molecule has 0 spiro atoms. The average Bonchev–Trinajstić information content (AvgIpc) is 2.72. The first-order chi connectivity index (χ1) is 11.0. The third kappa shape index (κ3) is 2.83. The Morgan fingerprint density at radius 1 is 0.958 bits per heavy atom. The summed E-state index contributed by atoms with van der Waals surface area (Å²) >= 11 is 6.50. The number of aromatic nitrogens is 1. The summed E-state index contributed by atoms with van der Waals surface area (Å²) in [5, 5.41) is 1.05. The molecule has 0 fully saturated rings. The van der Waals surface area contributed by atoms with Crippen molar-refractivity contribution in [1.29, 1.82) is 0 Å². The fourth-order valence-corrected chi connectivity index (χ4v) is 14.0. The van der Waals surface area contributed by atoms with E-state index >= 15 is 0 Å². The van der Waals surface area contributed by atoms with Crippen LogP contribution in [0.2, 0.25) is 21.6 Å². The van der Waals surface area contributed by atoms with Crippen molar-refractivity contribution in [3.05, 3.63) is 29.3 Å². The number of nitrogens with zero attached hydrogens (tertiary/aromatic N) is 1. The second-order valence-electron chi connectivity index (χ2n) is 7.26. The molecule has 2 aromatic rings.